The molecule has 5 nitrogen and oxygen atoms in total. The van der Waals surface area contributed by atoms with Gasteiger partial charge in [-0.1, -0.05) is 19.1 Å². The van der Waals surface area contributed by atoms with Gasteiger partial charge in [0.1, 0.15) is 11.8 Å². The van der Waals surface area contributed by atoms with E-state index in [9.17, 15) is 15.0 Å². The summed E-state index contributed by atoms with van der Waals surface area (Å²) in [5.74, 6) is -0.757. The Bertz CT molecular complexity index is 492. The van der Waals surface area contributed by atoms with E-state index in [0.29, 0.717) is 5.56 Å². The van der Waals surface area contributed by atoms with Gasteiger partial charge in [-0.05, 0) is 37.6 Å². The summed E-state index contributed by atoms with van der Waals surface area (Å²) in [6.45, 7) is 7.79. The van der Waals surface area contributed by atoms with Crippen molar-refractivity contribution in [3.05, 3.63) is 29.8 Å². The van der Waals surface area contributed by atoms with E-state index < -0.39 is 12.0 Å². The number of aromatic hydroxyl groups is 1. The summed E-state index contributed by atoms with van der Waals surface area (Å²) in [7, 11) is 0. The second kappa shape index (κ2) is 6.91. The van der Waals surface area contributed by atoms with E-state index in [2.05, 4.69) is 18.7 Å². The number of phenols is 1. The van der Waals surface area contributed by atoms with Gasteiger partial charge in [-0.2, -0.15) is 0 Å². The summed E-state index contributed by atoms with van der Waals surface area (Å²) < 4.78 is 0. The van der Waals surface area contributed by atoms with Crippen LogP contribution in [0.2, 0.25) is 0 Å². The smallest absolute Gasteiger partial charge is 0.325 e. The van der Waals surface area contributed by atoms with Gasteiger partial charge >= 0.3 is 5.97 Å². The third kappa shape index (κ3) is 3.74. The highest BCUT2D eigenvalue weighted by molar-refractivity contribution is 5.75. The third-order valence-electron chi connectivity index (χ3n) is 4.05. The van der Waals surface area contributed by atoms with Crippen molar-refractivity contribution in [1.29, 1.82) is 0 Å². The van der Waals surface area contributed by atoms with Crippen LogP contribution in [-0.2, 0) is 4.79 Å². The Morgan fingerprint density at radius 2 is 2.19 bits per heavy atom. The largest absolute Gasteiger partial charge is 0.508 e. The molecule has 0 amide bonds. The molecule has 0 bridgehead atoms. The quantitative estimate of drug-likeness (QED) is 0.868. The van der Waals surface area contributed by atoms with Crippen LogP contribution in [0.25, 0.3) is 0 Å². The fourth-order valence-electron chi connectivity index (χ4n) is 3.12. The lowest BCUT2D eigenvalue weighted by Crippen LogP contribution is -2.54. The second-order valence-corrected chi connectivity index (χ2v) is 5.72. The molecule has 2 rings (SSSR count). The number of aliphatic carboxylic acids is 1. The van der Waals surface area contributed by atoms with Crippen molar-refractivity contribution < 1.29 is 15.0 Å². The number of rotatable bonds is 5. The Morgan fingerprint density at radius 1 is 1.43 bits per heavy atom. The number of piperazine rings is 1. The summed E-state index contributed by atoms with van der Waals surface area (Å²) in [6.07, 6.45) is 1.11. The van der Waals surface area contributed by atoms with Crippen molar-refractivity contribution in [2.75, 3.05) is 26.2 Å². The first kappa shape index (κ1) is 15.8. The van der Waals surface area contributed by atoms with E-state index in [1.54, 1.807) is 24.3 Å². The predicted molar refractivity (Wildman–Crippen MR) is 81.4 cm³/mol. The van der Waals surface area contributed by atoms with E-state index in [4.69, 9.17) is 0 Å². The molecule has 2 unspecified atom stereocenters. The molecule has 1 saturated heterocycles. The zero-order valence-electron chi connectivity index (χ0n) is 12.7. The first-order chi connectivity index (χ1) is 10.0. The number of benzene rings is 1. The van der Waals surface area contributed by atoms with Gasteiger partial charge in [-0.3, -0.25) is 9.69 Å². The minimum Gasteiger partial charge on any atom is -0.508 e. The normalized spacial score (nSPS) is 22.1. The number of carbonyl (C=O) groups is 1. The van der Waals surface area contributed by atoms with Crippen LogP contribution in [-0.4, -0.2) is 58.2 Å². The van der Waals surface area contributed by atoms with Gasteiger partial charge in [0.05, 0.1) is 0 Å². The first-order valence-corrected chi connectivity index (χ1v) is 7.52. The molecule has 2 atom stereocenters. The molecule has 1 aliphatic rings. The standard InChI is InChI=1S/C16H24N2O3/c1-3-7-17-8-9-18(12(2)11-17)15(16(20)21)13-5-4-6-14(19)10-13/h4-6,10,12,15,19H,3,7-9,11H2,1-2H3,(H,20,21). The molecule has 2 N–H and O–H groups in total. The van der Waals surface area contributed by atoms with Crippen LogP contribution >= 0.6 is 0 Å². The summed E-state index contributed by atoms with van der Waals surface area (Å²) >= 11 is 0. The van der Waals surface area contributed by atoms with Crippen LogP contribution in [0.1, 0.15) is 31.9 Å². The Balaban J connectivity index is 2.18. The van der Waals surface area contributed by atoms with Crippen molar-refractivity contribution >= 4 is 5.97 Å². The van der Waals surface area contributed by atoms with Crippen molar-refractivity contribution in [2.24, 2.45) is 0 Å². The molecule has 0 aliphatic carbocycles. The van der Waals surface area contributed by atoms with Gasteiger partial charge in [0, 0.05) is 25.7 Å². The number of carboxylic acids is 1. The fourth-order valence-corrected chi connectivity index (χ4v) is 3.12. The zero-order valence-corrected chi connectivity index (χ0v) is 12.7. The highest BCUT2D eigenvalue weighted by atomic mass is 16.4. The molecule has 116 valence electrons. The van der Waals surface area contributed by atoms with Crippen LogP contribution in [0.4, 0.5) is 0 Å². The van der Waals surface area contributed by atoms with Crippen LogP contribution in [0.3, 0.4) is 0 Å². The summed E-state index contributed by atoms with van der Waals surface area (Å²) in [5, 5.41) is 19.2. The number of nitrogens with zero attached hydrogens (tertiary/aromatic N) is 2. The molecule has 1 fully saturated rings. The topological polar surface area (TPSA) is 64.0 Å². The van der Waals surface area contributed by atoms with E-state index >= 15 is 0 Å². The predicted octanol–water partition coefficient (Wildman–Crippen LogP) is 1.93. The zero-order chi connectivity index (χ0) is 15.4. The summed E-state index contributed by atoms with van der Waals surface area (Å²) in [5.41, 5.74) is 0.637. The lowest BCUT2D eigenvalue weighted by atomic mass is 10.0. The number of carboxylic acid groups (broad SMARTS) is 1. The molecule has 21 heavy (non-hydrogen) atoms. The van der Waals surface area contributed by atoms with Gasteiger partial charge in [-0.15, -0.1) is 0 Å². The molecule has 0 radical (unpaired) electrons. The molecule has 1 aliphatic heterocycles. The minimum absolute atomic E-state index is 0.107. The Labute approximate surface area is 125 Å². The molecule has 5 heteroatoms. The highest BCUT2D eigenvalue weighted by Gasteiger charge is 2.34. The first-order valence-electron chi connectivity index (χ1n) is 7.52. The van der Waals surface area contributed by atoms with Crippen molar-refractivity contribution in [3.63, 3.8) is 0 Å². The average molecular weight is 292 g/mol. The molecule has 0 saturated carbocycles. The SMILES string of the molecule is CCCN1CCN(C(C(=O)O)c2cccc(O)c2)C(C)C1. The van der Waals surface area contributed by atoms with Crippen LogP contribution in [0.5, 0.6) is 5.75 Å². The summed E-state index contributed by atoms with van der Waals surface area (Å²) in [4.78, 5) is 16.1. The fraction of sp³-hybridized carbons (Fsp3) is 0.562. The molecule has 0 aromatic heterocycles. The Kier molecular flexibility index (Phi) is 5.20. The maximum Gasteiger partial charge on any atom is 0.325 e. The maximum absolute atomic E-state index is 11.7. The number of hydrogen-bond acceptors (Lipinski definition) is 4. The average Bonchev–Trinajstić information content (AvgIpc) is 2.42. The van der Waals surface area contributed by atoms with E-state index in [0.717, 1.165) is 32.6 Å². The van der Waals surface area contributed by atoms with Gasteiger partial charge in [0.2, 0.25) is 0 Å². The molecule has 1 aromatic carbocycles. The lowest BCUT2D eigenvalue weighted by Gasteiger charge is -2.42. The molecule has 0 spiro atoms. The summed E-state index contributed by atoms with van der Waals surface area (Å²) in [6, 6.07) is 6.04. The molecule has 1 heterocycles. The van der Waals surface area contributed by atoms with E-state index in [1.165, 1.54) is 0 Å². The molecular formula is C16H24N2O3. The van der Waals surface area contributed by atoms with Crippen molar-refractivity contribution in [3.8, 4) is 5.75 Å². The third-order valence-corrected chi connectivity index (χ3v) is 4.05. The monoisotopic (exact) mass is 292 g/mol. The minimum atomic E-state index is -0.864. The van der Waals surface area contributed by atoms with Gasteiger partial charge in [0.25, 0.3) is 0 Å². The van der Waals surface area contributed by atoms with Gasteiger partial charge in [0.15, 0.2) is 0 Å². The van der Waals surface area contributed by atoms with Gasteiger partial charge < -0.3 is 15.1 Å². The number of hydrogen-bond donors (Lipinski definition) is 2. The molecular weight excluding hydrogens is 268 g/mol. The van der Waals surface area contributed by atoms with E-state index in [1.807, 2.05) is 4.90 Å². The van der Waals surface area contributed by atoms with Crippen LogP contribution in [0, 0.1) is 0 Å². The Hall–Kier alpha value is -1.59. The van der Waals surface area contributed by atoms with Gasteiger partial charge in [-0.25, -0.2) is 0 Å². The van der Waals surface area contributed by atoms with Crippen LogP contribution < -0.4 is 0 Å². The second-order valence-electron chi connectivity index (χ2n) is 5.72. The van der Waals surface area contributed by atoms with E-state index in [-0.39, 0.29) is 11.8 Å². The van der Waals surface area contributed by atoms with Crippen molar-refractivity contribution in [1.82, 2.24) is 9.80 Å². The number of phenolic OH excluding ortho intramolecular Hbond substituents is 1. The lowest BCUT2D eigenvalue weighted by molar-refractivity contribution is -0.145. The maximum atomic E-state index is 11.7. The van der Waals surface area contributed by atoms with Crippen molar-refractivity contribution in [2.45, 2.75) is 32.4 Å². The van der Waals surface area contributed by atoms with Crippen LogP contribution in [0.15, 0.2) is 24.3 Å². The molecule has 1 aromatic rings. The Morgan fingerprint density at radius 3 is 2.76 bits per heavy atom. The highest BCUT2D eigenvalue weighted by Crippen LogP contribution is 2.27.